The Morgan fingerprint density at radius 1 is 1.50 bits per heavy atom. The van der Waals surface area contributed by atoms with Crippen LogP contribution in [0.3, 0.4) is 0 Å². The van der Waals surface area contributed by atoms with E-state index < -0.39 is 0 Å². The molecule has 7 heteroatoms. The summed E-state index contributed by atoms with van der Waals surface area (Å²) in [6, 6.07) is 3.79. The highest BCUT2D eigenvalue weighted by atomic mass is 16.5. The van der Waals surface area contributed by atoms with Crippen molar-refractivity contribution in [2.75, 3.05) is 6.61 Å². The number of nitrogens with one attached hydrogen (secondary N) is 1. The zero-order valence-electron chi connectivity index (χ0n) is 12.8. The highest BCUT2D eigenvalue weighted by Crippen LogP contribution is 2.34. The number of ether oxygens (including phenoxy) is 1. The van der Waals surface area contributed by atoms with Crippen LogP contribution < -0.4 is 5.32 Å². The van der Waals surface area contributed by atoms with Crippen LogP contribution in [0.15, 0.2) is 30.7 Å². The van der Waals surface area contributed by atoms with Crippen molar-refractivity contribution in [3.63, 3.8) is 0 Å². The van der Waals surface area contributed by atoms with E-state index in [4.69, 9.17) is 4.74 Å². The molecule has 1 fully saturated rings. The zero-order chi connectivity index (χ0) is 15.5. The summed E-state index contributed by atoms with van der Waals surface area (Å²) < 4.78 is 9.34. The van der Waals surface area contributed by atoms with Crippen molar-refractivity contribution in [2.45, 2.75) is 32.0 Å². The van der Waals surface area contributed by atoms with E-state index in [-0.39, 0.29) is 24.0 Å². The van der Waals surface area contributed by atoms with E-state index in [0.29, 0.717) is 13.2 Å². The lowest BCUT2D eigenvalue weighted by atomic mass is 9.97. The smallest absolute Gasteiger partial charge is 0.226 e. The minimum Gasteiger partial charge on any atom is -0.371 e. The molecule has 0 aliphatic carbocycles. The molecule has 7 nitrogen and oxygen atoms in total. The van der Waals surface area contributed by atoms with Gasteiger partial charge in [-0.1, -0.05) is 0 Å². The molecule has 2 aromatic heterocycles. The molecule has 1 N–H and O–H groups in total. The summed E-state index contributed by atoms with van der Waals surface area (Å²) in [6.45, 7) is 3.23. The molecule has 1 aliphatic heterocycles. The van der Waals surface area contributed by atoms with Gasteiger partial charge in [0.05, 0.1) is 18.2 Å². The number of aryl methyl sites for hydroxylation is 1. The van der Waals surface area contributed by atoms with Crippen molar-refractivity contribution in [3.8, 4) is 0 Å². The molecule has 1 amide bonds. The predicted octanol–water partition coefficient (Wildman–Crippen LogP) is 0.899. The van der Waals surface area contributed by atoms with Crippen molar-refractivity contribution in [1.82, 2.24) is 24.9 Å². The third kappa shape index (κ3) is 3.04. The first-order valence-corrected chi connectivity index (χ1v) is 7.52. The number of aromatic nitrogens is 4. The van der Waals surface area contributed by atoms with Crippen LogP contribution in [0.4, 0.5) is 0 Å². The molecule has 118 valence electrons. The highest BCUT2D eigenvalue weighted by Gasteiger charge is 2.37. The van der Waals surface area contributed by atoms with Crippen LogP contribution in [0.1, 0.15) is 25.1 Å². The van der Waals surface area contributed by atoms with Crippen LogP contribution in [-0.2, 0) is 23.1 Å². The van der Waals surface area contributed by atoms with E-state index >= 15 is 0 Å². The first-order chi connectivity index (χ1) is 10.6. The SMILES string of the molecule is C[C@@H](Cn1cccn1)NC(=O)[C@@H]1CCO[C@H]1c1ccnn1C. The molecule has 2 aromatic rings. The standard InChI is InChI=1S/C15H21N5O2/c1-11(10-20-8-3-6-17-20)18-15(21)12-5-9-22-14(12)13-4-7-16-19(13)2/h3-4,6-8,11-12,14H,5,9-10H2,1-2H3,(H,18,21)/t11-,12+,14+/m0/s1. The van der Waals surface area contributed by atoms with Gasteiger partial charge in [0.25, 0.3) is 0 Å². The molecule has 3 rings (SSSR count). The fourth-order valence-corrected chi connectivity index (χ4v) is 2.90. The summed E-state index contributed by atoms with van der Waals surface area (Å²) in [7, 11) is 1.87. The quantitative estimate of drug-likeness (QED) is 0.890. The van der Waals surface area contributed by atoms with Crippen molar-refractivity contribution in [3.05, 3.63) is 36.4 Å². The van der Waals surface area contributed by atoms with Crippen LogP contribution in [0.25, 0.3) is 0 Å². The molecular weight excluding hydrogens is 282 g/mol. The molecule has 0 saturated carbocycles. The van der Waals surface area contributed by atoms with E-state index in [0.717, 1.165) is 12.1 Å². The van der Waals surface area contributed by atoms with E-state index in [1.807, 2.05) is 37.0 Å². The largest absolute Gasteiger partial charge is 0.371 e. The fourth-order valence-electron chi connectivity index (χ4n) is 2.90. The summed E-state index contributed by atoms with van der Waals surface area (Å²) in [6.07, 6.45) is 5.87. The molecule has 0 radical (unpaired) electrons. The minimum absolute atomic E-state index is 0.0141. The van der Waals surface area contributed by atoms with Crippen molar-refractivity contribution < 1.29 is 9.53 Å². The Bertz CT molecular complexity index is 622. The van der Waals surface area contributed by atoms with Crippen LogP contribution in [-0.4, -0.2) is 38.1 Å². The lowest BCUT2D eigenvalue weighted by Crippen LogP contribution is -2.40. The normalized spacial score (nSPS) is 22.6. The van der Waals surface area contributed by atoms with Gasteiger partial charge in [0.1, 0.15) is 6.10 Å². The first kappa shape index (κ1) is 14.8. The monoisotopic (exact) mass is 303 g/mol. The highest BCUT2D eigenvalue weighted by molar-refractivity contribution is 5.80. The summed E-state index contributed by atoms with van der Waals surface area (Å²) >= 11 is 0. The number of hydrogen-bond acceptors (Lipinski definition) is 4. The second-order valence-electron chi connectivity index (χ2n) is 5.70. The molecule has 1 saturated heterocycles. The lowest BCUT2D eigenvalue weighted by Gasteiger charge is -2.21. The summed E-state index contributed by atoms with van der Waals surface area (Å²) in [5.41, 5.74) is 0.942. The average molecular weight is 303 g/mol. The van der Waals surface area contributed by atoms with E-state index in [9.17, 15) is 4.79 Å². The number of amides is 1. The number of carbonyl (C=O) groups is 1. The Balaban J connectivity index is 1.62. The minimum atomic E-state index is -0.218. The van der Waals surface area contributed by atoms with Gasteiger partial charge in [-0.05, 0) is 25.5 Å². The topological polar surface area (TPSA) is 74.0 Å². The van der Waals surface area contributed by atoms with Crippen LogP contribution in [0.2, 0.25) is 0 Å². The fraction of sp³-hybridized carbons (Fsp3) is 0.533. The van der Waals surface area contributed by atoms with Gasteiger partial charge in [0.15, 0.2) is 0 Å². The molecule has 1 aliphatic rings. The second-order valence-corrected chi connectivity index (χ2v) is 5.70. The van der Waals surface area contributed by atoms with E-state index in [1.54, 1.807) is 17.1 Å². The first-order valence-electron chi connectivity index (χ1n) is 7.52. The van der Waals surface area contributed by atoms with Crippen LogP contribution in [0, 0.1) is 5.92 Å². The third-order valence-electron chi connectivity index (χ3n) is 3.99. The van der Waals surface area contributed by atoms with E-state index in [2.05, 4.69) is 15.5 Å². The molecule has 0 aromatic carbocycles. The van der Waals surface area contributed by atoms with Gasteiger partial charge in [0, 0.05) is 38.3 Å². The maximum absolute atomic E-state index is 12.6. The van der Waals surface area contributed by atoms with Crippen molar-refractivity contribution in [1.29, 1.82) is 0 Å². The van der Waals surface area contributed by atoms with Gasteiger partial charge in [-0.25, -0.2) is 0 Å². The number of carbonyl (C=O) groups excluding carboxylic acids is 1. The summed E-state index contributed by atoms with van der Waals surface area (Å²) in [5.74, 6) is -0.140. The van der Waals surface area contributed by atoms with Gasteiger partial charge in [-0.2, -0.15) is 10.2 Å². The maximum atomic E-state index is 12.6. The van der Waals surface area contributed by atoms with Crippen LogP contribution in [0.5, 0.6) is 0 Å². The second kappa shape index (κ2) is 6.31. The van der Waals surface area contributed by atoms with Gasteiger partial charge in [-0.3, -0.25) is 14.2 Å². The predicted molar refractivity (Wildman–Crippen MR) is 79.8 cm³/mol. The summed E-state index contributed by atoms with van der Waals surface area (Å²) in [5, 5.41) is 11.4. The Morgan fingerprint density at radius 3 is 3.05 bits per heavy atom. The van der Waals surface area contributed by atoms with E-state index in [1.165, 1.54) is 0 Å². The number of nitrogens with zero attached hydrogens (tertiary/aromatic N) is 4. The van der Waals surface area contributed by atoms with Crippen molar-refractivity contribution >= 4 is 5.91 Å². The van der Waals surface area contributed by atoms with Gasteiger partial charge >= 0.3 is 0 Å². The van der Waals surface area contributed by atoms with Crippen molar-refractivity contribution in [2.24, 2.45) is 13.0 Å². The third-order valence-corrected chi connectivity index (χ3v) is 3.99. The maximum Gasteiger partial charge on any atom is 0.226 e. The molecule has 3 heterocycles. The summed E-state index contributed by atoms with van der Waals surface area (Å²) in [4.78, 5) is 12.6. The Morgan fingerprint density at radius 2 is 2.36 bits per heavy atom. The van der Waals surface area contributed by atoms with Gasteiger partial charge < -0.3 is 10.1 Å². The Hall–Kier alpha value is -2.15. The molecular formula is C15H21N5O2. The van der Waals surface area contributed by atoms with Gasteiger partial charge in [0.2, 0.25) is 5.91 Å². The molecule has 0 unspecified atom stereocenters. The Kier molecular flexibility index (Phi) is 4.24. The Labute approximate surface area is 129 Å². The van der Waals surface area contributed by atoms with Gasteiger partial charge in [-0.15, -0.1) is 0 Å². The van der Waals surface area contributed by atoms with Crippen LogP contribution >= 0.6 is 0 Å². The zero-order valence-corrected chi connectivity index (χ0v) is 12.8. The number of hydrogen-bond donors (Lipinski definition) is 1. The number of rotatable bonds is 5. The lowest BCUT2D eigenvalue weighted by molar-refractivity contribution is -0.127. The average Bonchev–Trinajstić information content (AvgIpc) is 3.18. The molecule has 0 spiro atoms. The molecule has 22 heavy (non-hydrogen) atoms. The molecule has 3 atom stereocenters. The molecule has 0 bridgehead atoms.